The maximum atomic E-state index is 12.9. The smallest absolute Gasteiger partial charge is 0.226 e. The number of hydrogen-bond donors (Lipinski definition) is 0. The molecule has 0 radical (unpaired) electrons. The predicted octanol–water partition coefficient (Wildman–Crippen LogP) is 2.14. The number of likely N-dealkylation sites (tertiary alicyclic amines) is 2. The van der Waals surface area contributed by atoms with E-state index >= 15 is 0 Å². The first kappa shape index (κ1) is 19.4. The molecule has 0 aliphatic carbocycles. The molecule has 1 aromatic carbocycles. The van der Waals surface area contributed by atoms with Crippen molar-refractivity contribution in [2.45, 2.75) is 44.8 Å². The van der Waals surface area contributed by atoms with Crippen molar-refractivity contribution in [1.82, 2.24) is 9.80 Å². The largest absolute Gasteiger partial charge is 0.347 e. The number of nitrogens with zero attached hydrogens (tertiary/aromatic N) is 2. The Labute approximate surface area is 166 Å². The van der Waals surface area contributed by atoms with Crippen LogP contribution in [0.15, 0.2) is 24.3 Å². The van der Waals surface area contributed by atoms with Crippen molar-refractivity contribution >= 4 is 11.8 Å². The molecule has 0 N–H and O–H groups in total. The highest BCUT2D eigenvalue weighted by molar-refractivity contribution is 5.81. The van der Waals surface area contributed by atoms with Crippen LogP contribution >= 0.6 is 0 Å². The maximum absolute atomic E-state index is 12.9. The molecule has 0 bridgehead atoms. The molecule has 3 aliphatic heterocycles. The summed E-state index contributed by atoms with van der Waals surface area (Å²) in [7, 11) is 0. The van der Waals surface area contributed by atoms with Gasteiger partial charge in [0.25, 0.3) is 0 Å². The maximum Gasteiger partial charge on any atom is 0.226 e. The number of aryl methyl sites for hydroxylation is 1. The fraction of sp³-hybridized carbons (Fsp3) is 0.636. The van der Waals surface area contributed by atoms with Crippen molar-refractivity contribution in [3.63, 3.8) is 0 Å². The summed E-state index contributed by atoms with van der Waals surface area (Å²) in [5.74, 6) is -0.0150. The van der Waals surface area contributed by atoms with Crippen LogP contribution in [-0.4, -0.2) is 66.8 Å². The second-order valence-electron chi connectivity index (χ2n) is 8.19. The molecule has 4 rings (SSSR count). The summed E-state index contributed by atoms with van der Waals surface area (Å²) in [4.78, 5) is 29.4. The summed E-state index contributed by atoms with van der Waals surface area (Å²) in [6.07, 6.45) is 3.47. The van der Waals surface area contributed by atoms with Crippen LogP contribution < -0.4 is 0 Å². The van der Waals surface area contributed by atoms with Gasteiger partial charge in [0, 0.05) is 44.9 Å². The molecule has 3 saturated heterocycles. The van der Waals surface area contributed by atoms with Gasteiger partial charge in [-0.25, -0.2) is 0 Å². The molecule has 1 aromatic rings. The first-order chi connectivity index (χ1) is 13.6. The number of piperidine rings is 2. The van der Waals surface area contributed by atoms with Crippen LogP contribution in [0.4, 0.5) is 0 Å². The highest BCUT2D eigenvalue weighted by Crippen LogP contribution is 2.32. The Kier molecular flexibility index (Phi) is 5.69. The van der Waals surface area contributed by atoms with Crippen LogP contribution in [0.3, 0.4) is 0 Å². The Bertz CT molecular complexity index is 711. The van der Waals surface area contributed by atoms with Gasteiger partial charge >= 0.3 is 0 Å². The number of amides is 2. The zero-order chi connectivity index (χ0) is 19.6. The lowest BCUT2D eigenvalue weighted by Gasteiger charge is -2.40. The van der Waals surface area contributed by atoms with Crippen molar-refractivity contribution in [3.05, 3.63) is 35.4 Å². The summed E-state index contributed by atoms with van der Waals surface area (Å²) in [6.45, 7) is 6.09. The molecule has 3 heterocycles. The first-order valence-electron chi connectivity index (χ1n) is 10.5. The Morgan fingerprint density at radius 3 is 2.29 bits per heavy atom. The molecule has 3 aliphatic rings. The molecule has 28 heavy (non-hydrogen) atoms. The molecule has 0 aromatic heterocycles. The number of benzene rings is 1. The van der Waals surface area contributed by atoms with E-state index < -0.39 is 5.79 Å². The average molecular weight is 386 g/mol. The number of ether oxygens (including phenoxy) is 2. The summed E-state index contributed by atoms with van der Waals surface area (Å²) in [6, 6.07) is 8.03. The van der Waals surface area contributed by atoms with Crippen molar-refractivity contribution in [3.8, 4) is 0 Å². The van der Waals surface area contributed by atoms with Gasteiger partial charge in [-0.2, -0.15) is 0 Å². The van der Waals surface area contributed by atoms with Crippen molar-refractivity contribution < 1.29 is 19.1 Å². The summed E-state index contributed by atoms with van der Waals surface area (Å²) in [5.41, 5.74) is 2.24. The van der Waals surface area contributed by atoms with Crippen molar-refractivity contribution in [2.24, 2.45) is 5.92 Å². The van der Waals surface area contributed by atoms with Crippen molar-refractivity contribution in [1.29, 1.82) is 0 Å². The van der Waals surface area contributed by atoms with Crippen LogP contribution in [0.25, 0.3) is 0 Å². The van der Waals surface area contributed by atoms with Crippen LogP contribution in [-0.2, 0) is 25.5 Å². The zero-order valence-electron chi connectivity index (χ0n) is 16.7. The second-order valence-corrected chi connectivity index (χ2v) is 8.19. The first-order valence-corrected chi connectivity index (χ1v) is 10.5. The molecular formula is C22H30N2O4. The van der Waals surface area contributed by atoms with E-state index in [1.807, 2.05) is 41.0 Å². The van der Waals surface area contributed by atoms with Crippen LogP contribution in [0.2, 0.25) is 0 Å². The van der Waals surface area contributed by atoms with Crippen LogP contribution in [0.1, 0.15) is 36.8 Å². The Morgan fingerprint density at radius 2 is 1.64 bits per heavy atom. The number of carbonyl (C=O) groups excluding carboxylic acids is 2. The minimum atomic E-state index is -0.442. The average Bonchev–Trinajstić information content (AvgIpc) is 3.18. The summed E-state index contributed by atoms with van der Waals surface area (Å²) >= 11 is 0. The van der Waals surface area contributed by atoms with Gasteiger partial charge in [-0.15, -0.1) is 0 Å². The van der Waals surface area contributed by atoms with Crippen LogP contribution in [0, 0.1) is 12.8 Å². The fourth-order valence-corrected chi connectivity index (χ4v) is 4.57. The van der Waals surface area contributed by atoms with E-state index in [9.17, 15) is 9.59 Å². The van der Waals surface area contributed by atoms with Gasteiger partial charge in [-0.1, -0.05) is 24.3 Å². The number of rotatable bonds is 3. The lowest BCUT2D eigenvalue weighted by atomic mass is 9.93. The molecule has 0 atom stereocenters. The lowest BCUT2D eigenvalue weighted by molar-refractivity contribution is -0.188. The van der Waals surface area contributed by atoms with Gasteiger partial charge in [0.15, 0.2) is 5.79 Å². The van der Waals surface area contributed by atoms with Crippen molar-refractivity contribution in [2.75, 3.05) is 39.4 Å². The number of hydrogen-bond acceptors (Lipinski definition) is 4. The van der Waals surface area contributed by atoms with Gasteiger partial charge < -0.3 is 19.3 Å². The number of carbonyl (C=O) groups is 2. The summed E-state index contributed by atoms with van der Waals surface area (Å²) in [5, 5.41) is 0. The van der Waals surface area contributed by atoms with Gasteiger partial charge in [0.05, 0.1) is 19.6 Å². The van der Waals surface area contributed by atoms with Gasteiger partial charge in [-0.3, -0.25) is 9.59 Å². The minimum Gasteiger partial charge on any atom is -0.347 e. The van der Waals surface area contributed by atoms with Crippen LogP contribution in [0.5, 0.6) is 0 Å². The monoisotopic (exact) mass is 386 g/mol. The Hall–Kier alpha value is -1.92. The lowest BCUT2D eigenvalue weighted by Crippen LogP contribution is -2.50. The van der Waals surface area contributed by atoms with E-state index in [-0.39, 0.29) is 17.7 Å². The molecule has 3 fully saturated rings. The Morgan fingerprint density at radius 1 is 1.00 bits per heavy atom. The SMILES string of the molecule is Cc1ccccc1CC(=O)N1CCC(C(=O)N2CCC3(CC2)OCCO3)CC1. The quantitative estimate of drug-likeness (QED) is 0.799. The van der Waals surface area contributed by atoms with E-state index in [0.717, 1.165) is 36.8 Å². The molecule has 6 nitrogen and oxygen atoms in total. The highest BCUT2D eigenvalue weighted by Gasteiger charge is 2.42. The molecule has 152 valence electrons. The molecule has 2 amide bonds. The standard InChI is InChI=1S/C22H30N2O4/c1-17-4-2-3-5-19(17)16-20(25)23-10-6-18(7-11-23)21(26)24-12-8-22(9-13-24)27-14-15-28-22/h2-5,18H,6-16H2,1H3. The molecule has 0 unspecified atom stereocenters. The zero-order valence-corrected chi connectivity index (χ0v) is 16.7. The van der Waals surface area contributed by atoms with Gasteiger partial charge in [0.2, 0.25) is 11.8 Å². The molecule has 0 saturated carbocycles. The topological polar surface area (TPSA) is 59.1 Å². The van der Waals surface area contributed by atoms with Gasteiger partial charge in [-0.05, 0) is 30.9 Å². The molecular weight excluding hydrogens is 356 g/mol. The van der Waals surface area contributed by atoms with E-state index in [1.165, 1.54) is 0 Å². The van der Waals surface area contributed by atoms with E-state index in [4.69, 9.17) is 9.47 Å². The highest BCUT2D eigenvalue weighted by atomic mass is 16.7. The predicted molar refractivity (Wildman–Crippen MR) is 105 cm³/mol. The third-order valence-corrected chi connectivity index (χ3v) is 6.45. The van der Waals surface area contributed by atoms with Gasteiger partial charge in [0.1, 0.15) is 0 Å². The Balaban J connectivity index is 1.25. The third kappa shape index (κ3) is 4.08. The third-order valence-electron chi connectivity index (χ3n) is 6.45. The molecule has 6 heteroatoms. The van der Waals surface area contributed by atoms with E-state index in [2.05, 4.69) is 0 Å². The molecule has 1 spiro atoms. The normalized spacial score (nSPS) is 22.6. The minimum absolute atomic E-state index is 0.0296. The second kappa shape index (κ2) is 8.21. The van der Waals surface area contributed by atoms with E-state index in [1.54, 1.807) is 0 Å². The summed E-state index contributed by atoms with van der Waals surface area (Å²) < 4.78 is 11.5. The fourth-order valence-electron chi connectivity index (χ4n) is 4.57. The van der Waals surface area contributed by atoms with E-state index in [0.29, 0.717) is 45.8 Å².